The summed E-state index contributed by atoms with van der Waals surface area (Å²) in [5, 5.41) is 0. The highest BCUT2D eigenvalue weighted by Gasteiger charge is 2.80. The Labute approximate surface area is 174 Å². The molecule has 0 aromatic heterocycles. The van der Waals surface area contributed by atoms with Crippen LogP contribution in [0.3, 0.4) is 0 Å². The number of piperidine rings is 1. The summed E-state index contributed by atoms with van der Waals surface area (Å²) in [6.45, 7) is 5.48. The van der Waals surface area contributed by atoms with Gasteiger partial charge in [0, 0.05) is 42.0 Å². The van der Waals surface area contributed by atoms with Gasteiger partial charge in [0.1, 0.15) is 17.5 Å². The van der Waals surface area contributed by atoms with E-state index in [9.17, 15) is 0 Å². The van der Waals surface area contributed by atoms with Gasteiger partial charge in [0.05, 0.1) is 0 Å². The number of likely N-dealkylation sites (tertiary alicyclic amines) is 1. The Morgan fingerprint density at radius 1 is 1.24 bits per heavy atom. The van der Waals surface area contributed by atoms with Crippen molar-refractivity contribution in [2.24, 2.45) is 23.0 Å². The lowest BCUT2D eigenvalue weighted by Gasteiger charge is -2.74. The van der Waals surface area contributed by atoms with Crippen LogP contribution in [0.5, 0.6) is 5.75 Å². The largest absolute Gasteiger partial charge is 0.486 e. The number of nitrogens with zero attached hydrogens (tertiary/aromatic N) is 1. The third-order valence-electron chi connectivity index (χ3n) is 10.3. The molecule has 4 nitrogen and oxygen atoms in total. The van der Waals surface area contributed by atoms with Crippen molar-refractivity contribution in [1.82, 2.24) is 4.90 Å². The van der Waals surface area contributed by atoms with Crippen molar-refractivity contribution < 1.29 is 9.47 Å². The number of rotatable bonds is 4. The lowest BCUT2D eigenvalue weighted by Crippen LogP contribution is -2.81. The Bertz CT molecular complexity index is 897. The Kier molecular flexibility index (Phi) is 3.26. The number of aryl methyl sites for hydroxylation is 1. The van der Waals surface area contributed by atoms with E-state index in [0.717, 1.165) is 12.3 Å². The molecule has 6 atom stereocenters. The average molecular weight is 395 g/mol. The fourth-order valence-electron chi connectivity index (χ4n) is 8.97. The van der Waals surface area contributed by atoms with Gasteiger partial charge in [0.2, 0.25) is 0 Å². The van der Waals surface area contributed by atoms with E-state index in [1.54, 1.807) is 11.1 Å². The van der Waals surface area contributed by atoms with E-state index in [2.05, 4.69) is 24.0 Å². The molecule has 2 heterocycles. The zero-order chi connectivity index (χ0) is 19.6. The van der Waals surface area contributed by atoms with Gasteiger partial charge in [-0.2, -0.15) is 0 Å². The van der Waals surface area contributed by atoms with E-state index in [0.29, 0.717) is 23.9 Å². The minimum absolute atomic E-state index is 0.132. The van der Waals surface area contributed by atoms with E-state index in [4.69, 9.17) is 15.2 Å². The van der Waals surface area contributed by atoms with Crippen LogP contribution in [0, 0.1) is 24.2 Å². The molecule has 29 heavy (non-hydrogen) atoms. The second-order valence-electron chi connectivity index (χ2n) is 11.1. The summed E-state index contributed by atoms with van der Waals surface area (Å²) in [7, 11) is 1.92. The number of nitrogens with two attached hydrogens (primary N) is 1. The summed E-state index contributed by atoms with van der Waals surface area (Å²) < 4.78 is 13.4. The second-order valence-corrected chi connectivity index (χ2v) is 11.1. The summed E-state index contributed by atoms with van der Waals surface area (Å²) in [5.41, 5.74) is 11.1. The lowest BCUT2D eigenvalue weighted by molar-refractivity contribution is -0.275. The normalized spacial score (nSPS) is 46.5. The van der Waals surface area contributed by atoms with Crippen molar-refractivity contribution in [2.75, 3.05) is 26.7 Å². The van der Waals surface area contributed by atoms with Crippen molar-refractivity contribution in [3.8, 4) is 5.75 Å². The zero-order valence-corrected chi connectivity index (χ0v) is 17.9. The molecule has 0 radical (unpaired) electrons. The first kappa shape index (κ1) is 17.6. The van der Waals surface area contributed by atoms with Crippen molar-refractivity contribution in [1.29, 1.82) is 0 Å². The van der Waals surface area contributed by atoms with Crippen molar-refractivity contribution in [3.05, 3.63) is 28.8 Å². The molecule has 7 aliphatic rings. The highest BCUT2D eigenvalue weighted by Crippen LogP contribution is 2.76. The predicted molar refractivity (Wildman–Crippen MR) is 112 cm³/mol. The monoisotopic (exact) mass is 394 g/mol. The predicted octanol–water partition coefficient (Wildman–Crippen LogP) is 3.18. The van der Waals surface area contributed by atoms with Crippen LogP contribution < -0.4 is 10.5 Å². The summed E-state index contributed by atoms with van der Waals surface area (Å²) in [6.07, 6.45) is 9.03. The van der Waals surface area contributed by atoms with Gasteiger partial charge in [-0.1, -0.05) is 12.1 Å². The smallest absolute Gasteiger partial charge is 0.138 e. The summed E-state index contributed by atoms with van der Waals surface area (Å²) in [6, 6.07) is 5.36. The Balaban J connectivity index is 1.48. The molecule has 0 amide bonds. The molecule has 8 rings (SSSR count). The number of ether oxygens (including phenoxy) is 2. The molecule has 1 aromatic carbocycles. The van der Waals surface area contributed by atoms with Crippen molar-refractivity contribution in [3.63, 3.8) is 0 Å². The van der Waals surface area contributed by atoms with Crippen LogP contribution in [0.25, 0.3) is 0 Å². The van der Waals surface area contributed by atoms with Crippen LogP contribution in [-0.4, -0.2) is 49.4 Å². The van der Waals surface area contributed by atoms with Gasteiger partial charge in [-0.05, 0) is 82.0 Å². The Morgan fingerprint density at radius 2 is 2.10 bits per heavy atom. The van der Waals surface area contributed by atoms with E-state index in [-0.39, 0.29) is 17.1 Å². The topological polar surface area (TPSA) is 47.7 Å². The molecule has 2 N–H and O–H groups in total. The summed E-state index contributed by atoms with van der Waals surface area (Å²) in [4.78, 5) is 2.90. The van der Waals surface area contributed by atoms with Gasteiger partial charge in [-0.25, -0.2) is 0 Å². The standard InChI is InChI=1S/C25H34N2O2/c1-15-3-6-17-11-19-23-7-8-25(28-2,18(12-23)13-26)22-24(23,20(17)21(15)29-22)9-10-27(19)14-16-4-5-16/h3,6,16,18-19,22H,4-5,7-14,26H2,1-2H3/t18-,19+,22+,23+,24-,25+/m0/s1. The maximum atomic E-state index is 6.99. The molecule has 5 aliphatic carbocycles. The number of benzene rings is 1. The molecule has 1 saturated heterocycles. The fourth-order valence-corrected chi connectivity index (χ4v) is 8.97. The van der Waals surface area contributed by atoms with Gasteiger partial charge >= 0.3 is 0 Å². The average Bonchev–Trinajstić information content (AvgIpc) is 3.48. The van der Waals surface area contributed by atoms with E-state index < -0.39 is 0 Å². The van der Waals surface area contributed by atoms with Gasteiger partial charge < -0.3 is 15.2 Å². The van der Waals surface area contributed by atoms with Gasteiger partial charge in [0.15, 0.2) is 0 Å². The number of fused-ring (bicyclic) bond motifs is 2. The van der Waals surface area contributed by atoms with Crippen LogP contribution in [-0.2, 0) is 16.6 Å². The highest BCUT2D eigenvalue weighted by molar-refractivity contribution is 5.61. The molecule has 0 unspecified atom stereocenters. The molecule has 4 saturated carbocycles. The molecular weight excluding hydrogens is 360 g/mol. The fraction of sp³-hybridized carbons (Fsp3) is 0.760. The Morgan fingerprint density at radius 3 is 2.86 bits per heavy atom. The molecule has 4 heteroatoms. The van der Waals surface area contributed by atoms with Crippen molar-refractivity contribution in [2.45, 2.75) is 75.0 Å². The van der Waals surface area contributed by atoms with Crippen LogP contribution in [0.1, 0.15) is 55.2 Å². The van der Waals surface area contributed by atoms with E-state index in [1.165, 1.54) is 62.9 Å². The van der Waals surface area contributed by atoms with E-state index >= 15 is 0 Å². The SMILES string of the molecule is CO[C@]12CC[C@@]3(C[C@H]1CN)[C@H]1Cc4ccc(C)c5c4[C@@]3(CCN1CC1CC1)[C@H]2O5. The molecule has 2 aliphatic heterocycles. The van der Waals surface area contributed by atoms with Crippen LogP contribution >= 0.6 is 0 Å². The number of methoxy groups -OCH3 is 1. The molecule has 5 fully saturated rings. The molecule has 156 valence electrons. The third kappa shape index (κ3) is 1.78. The van der Waals surface area contributed by atoms with Crippen molar-refractivity contribution >= 4 is 0 Å². The molecule has 2 spiro atoms. The third-order valence-corrected chi connectivity index (χ3v) is 10.3. The summed E-state index contributed by atoms with van der Waals surface area (Å²) in [5.74, 6) is 2.55. The highest BCUT2D eigenvalue weighted by atomic mass is 16.6. The van der Waals surface area contributed by atoms with Gasteiger partial charge in [-0.3, -0.25) is 4.90 Å². The zero-order valence-electron chi connectivity index (χ0n) is 17.9. The van der Waals surface area contributed by atoms with Crippen LogP contribution in [0.15, 0.2) is 12.1 Å². The minimum atomic E-state index is -0.222. The molecule has 4 bridgehead atoms. The summed E-state index contributed by atoms with van der Waals surface area (Å²) >= 11 is 0. The van der Waals surface area contributed by atoms with Crippen LogP contribution in [0.4, 0.5) is 0 Å². The van der Waals surface area contributed by atoms with E-state index in [1.807, 2.05) is 7.11 Å². The lowest BCUT2D eigenvalue weighted by atomic mass is 9.35. The van der Waals surface area contributed by atoms with Gasteiger partial charge in [0.25, 0.3) is 0 Å². The second kappa shape index (κ2) is 5.38. The number of hydrogen-bond donors (Lipinski definition) is 1. The van der Waals surface area contributed by atoms with Crippen LogP contribution in [0.2, 0.25) is 0 Å². The first-order valence-corrected chi connectivity index (χ1v) is 11.9. The van der Waals surface area contributed by atoms with Gasteiger partial charge in [-0.15, -0.1) is 0 Å². The maximum Gasteiger partial charge on any atom is 0.138 e. The first-order valence-electron chi connectivity index (χ1n) is 11.9. The molecule has 1 aromatic rings. The quantitative estimate of drug-likeness (QED) is 0.852. The maximum absolute atomic E-state index is 6.99. The molecular formula is C25H34N2O2. The minimum Gasteiger partial charge on any atom is -0.486 e. The number of hydrogen-bond acceptors (Lipinski definition) is 4. The first-order chi connectivity index (χ1) is 14.1. The Hall–Kier alpha value is -1.10.